The number of phenolic OH excluding ortho intramolecular Hbond substituents is 1. The predicted molar refractivity (Wildman–Crippen MR) is 76.6 cm³/mol. The highest BCUT2D eigenvalue weighted by molar-refractivity contribution is 7.86. The Morgan fingerprint density at radius 2 is 1.65 bits per heavy atom. The van der Waals surface area contributed by atoms with Crippen LogP contribution in [-0.2, 0) is 10.1 Å². The minimum Gasteiger partial charge on any atom is -0.506 e. The molecule has 2 aromatic rings. The largest absolute Gasteiger partial charge is 0.506 e. The molecule has 0 bridgehead atoms. The monoisotopic (exact) mass is 292 g/mol. The zero-order chi connectivity index (χ0) is 14.9. The summed E-state index contributed by atoms with van der Waals surface area (Å²) >= 11 is 0. The number of rotatable bonds is 3. The van der Waals surface area contributed by atoms with Crippen molar-refractivity contribution >= 4 is 10.1 Å². The van der Waals surface area contributed by atoms with E-state index in [1.807, 2.05) is 37.3 Å². The van der Waals surface area contributed by atoms with Crippen LogP contribution in [0.4, 0.5) is 0 Å². The van der Waals surface area contributed by atoms with Gasteiger partial charge in [0.2, 0.25) is 0 Å². The molecule has 0 spiro atoms. The molecule has 2 N–H and O–H groups in total. The summed E-state index contributed by atoms with van der Waals surface area (Å²) in [6, 6.07) is 12.7. The van der Waals surface area contributed by atoms with E-state index in [9.17, 15) is 18.1 Å². The Morgan fingerprint density at radius 1 is 1.05 bits per heavy atom. The van der Waals surface area contributed by atoms with Gasteiger partial charge in [-0.05, 0) is 18.1 Å². The first kappa shape index (κ1) is 14.6. The van der Waals surface area contributed by atoms with Crippen LogP contribution in [0.3, 0.4) is 0 Å². The molecule has 0 saturated heterocycles. The Morgan fingerprint density at radius 3 is 2.20 bits per heavy atom. The van der Waals surface area contributed by atoms with Crippen LogP contribution in [0.5, 0.6) is 5.75 Å². The summed E-state index contributed by atoms with van der Waals surface area (Å²) in [7, 11) is -4.45. The van der Waals surface area contributed by atoms with E-state index in [1.54, 1.807) is 12.1 Å². The van der Waals surface area contributed by atoms with Crippen molar-refractivity contribution in [1.29, 1.82) is 0 Å². The first-order valence-electron chi connectivity index (χ1n) is 6.17. The first-order valence-corrected chi connectivity index (χ1v) is 7.61. The number of hydrogen-bond acceptors (Lipinski definition) is 3. The molecule has 106 valence electrons. The van der Waals surface area contributed by atoms with Gasteiger partial charge >= 0.3 is 0 Å². The van der Waals surface area contributed by atoms with Crippen molar-refractivity contribution in [2.24, 2.45) is 0 Å². The Balaban J connectivity index is 2.60. The highest BCUT2D eigenvalue weighted by atomic mass is 32.2. The number of phenols is 1. The third kappa shape index (κ3) is 2.69. The fourth-order valence-electron chi connectivity index (χ4n) is 2.28. The van der Waals surface area contributed by atoms with Gasteiger partial charge < -0.3 is 5.11 Å². The van der Waals surface area contributed by atoms with Crippen molar-refractivity contribution in [2.45, 2.75) is 24.7 Å². The smallest absolute Gasteiger partial charge is 0.298 e. The fraction of sp³-hybridized carbons (Fsp3) is 0.200. The van der Waals surface area contributed by atoms with Gasteiger partial charge in [0.15, 0.2) is 0 Å². The molecule has 0 aliphatic carbocycles. The summed E-state index contributed by atoms with van der Waals surface area (Å²) in [6.45, 7) is 3.40. The van der Waals surface area contributed by atoms with Crippen molar-refractivity contribution in [3.05, 3.63) is 59.2 Å². The van der Waals surface area contributed by atoms with Crippen molar-refractivity contribution in [2.75, 3.05) is 0 Å². The van der Waals surface area contributed by atoms with Crippen molar-refractivity contribution in [3.8, 4) is 5.75 Å². The van der Waals surface area contributed by atoms with E-state index >= 15 is 0 Å². The van der Waals surface area contributed by atoms with E-state index in [0.717, 1.165) is 5.56 Å². The van der Waals surface area contributed by atoms with Gasteiger partial charge in [0.05, 0.1) is 0 Å². The van der Waals surface area contributed by atoms with Gasteiger partial charge in [-0.15, -0.1) is 0 Å². The zero-order valence-electron chi connectivity index (χ0n) is 11.2. The first-order chi connectivity index (χ1) is 9.32. The van der Waals surface area contributed by atoms with Crippen LogP contribution in [0, 0.1) is 6.92 Å². The molecule has 1 unspecified atom stereocenters. The molecule has 2 rings (SSSR count). The molecule has 2 aromatic carbocycles. The summed E-state index contributed by atoms with van der Waals surface area (Å²) in [4.78, 5) is -0.419. The Hall–Kier alpha value is -1.85. The average Bonchev–Trinajstić information content (AvgIpc) is 2.37. The normalized spacial score (nSPS) is 13.2. The lowest BCUT2D eigenvalue weighted by Crippen LogP contribution is -2.05. The molecular weight excluding hydrogens is 276 g/mol. The lowest BCUT2D eigenvalue weighted by Gasteiger charge is -2.16. The predicted octanol–water partition coefficient (Wildman–Crippen LogP) is 3.10. The SMILES string of the molecule is Cc1ccc(C(C)c2ccccc2)c(O)c1S(=O)(=O)O. The van der Waals surface area contributed by atoms with Gasteiger partial charge in [-0.1, -0.05) is 49.4 Å². The molecule has 0 aliphatic rings. The van der Waals surface area contributed by atoms with Crippen LogP contribution in [0.2, 0.25) is 0 Å². The summed E-state index contributed by atoms with van der Waals surface area (Å²) in [6.07, 6.45) is 0. The van der Waals surface area contributed by atoms with Crippen molar-refractivity contribution < 1.29 is 18.1 Å². The van der Waals surface area contributed by atoms with Crippen LogP contribution in [0.1, 0.15) is 29.5 Å². The number of hydrogen-bond donors (Lipinski definition) is 2. The highest BCUT2D eigenvalue weighted by Crippen LogP contribution is 2.36. The number of benzene rings is 2. The Bertz CT molecular complexity index is 721. The Labute approximate surface area is 118 Å². The van der Waals surface area contributed by atoms with Gasteiger partial charge in [0.1, 0.15) is 10.6 Å². The molecule has 0 fully saturated rings. The van der Waals surface area contributed by atoms with Crippen LogP contribution in [-0.4, -0.2) is 18.1 Å². The molecular formula is C15H16O4S. The van der Waals surface area contributed by atoms with Gasteiger partial charge in [-0.3, -0.25) is 4.55 Å². The maximum Gasteiger partial charge on any atom is 0.298 e. The number of aromatic hydroxyl groups is 1. The molecule has 0 aromatic heterocycles. The molecule has 4 nitrogen and oxygen atoms in total. The van der Waals surface area contributed by atoms with E-state index in [2.05, 4.69) is 0 Å². The molecule has 0 aliphatic heterocycles. The maximum atomic E-state index is 11.4. The second-order valence-corrected chi connectivity index (χ2v) is 6.12. The number of aryl methyl sites for hydroxylation is 1. The van der Waals surface area contributed by atoms with E-state index < -0.39 is 15.0 Å². The van der Waals surface area contributed by atoms with Gasteiger partial charge in [-0.25, -0.2) is 0 Å². The molecule has 0 amide bonds. The molecule has 5 heteroatoms. The standard InChI is InChI=1S/C15H16O4S/c1-10-8-9-13(14(16)15(10)20(17,18)19)11(2)12-6-4-3-5-7-12/h3-9,11,16H,1-2H3,(H,17,18,19). The van der Waals surface area contributed by atoms with E-state index in [4.69, 9.17) is 0 Å². The molecule has 0 saturated carbocycles. The molecule has 20 heavy (non-hydrogen) atoms. The summed E-state index contributed by atoms with van der Waals surface area (Å²) in [5.74, 6) is -0.568. The van der Waals surface area contributed by atoms with Crippen LogP contribution >= 0.6 is 0 Å². The summed E-state index contributed by atoms with van der Waals surface area (Å²) in [5, 5.41) is 10.2. The van der Waals surface area contributed by atoms with E-state index in [1.165, 1.54) is 6.92 Å². The van der Waals surface area contributed by atoms with Crippen LogP contribution in [0.15, 0.2) is 47.4 Å². The van der Waals surface area contributed by atoms with E-state index in [0.29, 0.717) is 11.1 Å². The lowest BCUT2D eigenvalue weighted by atomic mass is 9.92. The maximum absolute atomic E-state index is 11.4. The quantitative estimate of drug-likeness (QED) is 0.852. The summed E-state index contributed by atoms with van der Waals surface area (Å²) in [5.41, 5.74) is 1.73. The molecule has 1 atom stereocenters. The van der Waals surface area contributed by atoms with E-state index in [-0.39, 0.29) is 11.7 Å². The minimum atomic E-state index is -4.45. The Kier molecular flexibility index (Phi) is 3.83. The molecule has 0 radical (unpaired) electrons. The summed E-state index contributed by atoms with van der Waals surface area (Å²) < 4.78 is 32.0. The van der Waals surface area contributed by atoms with Crippen molar-refractivity contribution in [1.82, 2.24) is 0 Å². The highest BCUT2D eigenvalue weighted by Gasteiger charge is 2.23. The van der Waals surface area contributed by atoms with Gasteiger partial charge in [0.25, 0.3) is 10.1 Å². The lowest BCUT2D eigenvalue weighted by molar-refractivity contribution is 0.435. The third-order valence-corrected chi connectivity index (χ3v) is 4.41. The zero-order valence-corrected chi connectivity index (χ0v) is 12.1. The third-order valence-electron chi connectivity index (χ3n) is 3.38. The minimum absolute atomic E-state index is 0.183. The second kappa shape index (κ2) is 5.26. The van der Waals surface area contributed by atoms with Gasteiger partial charge in [0, 0.05) is 11.5 Å². The topological polar surface area (TPSA) is 74.6 Å². The average molecular weight is 292 g/mol. The molecule has 0 heterocycles. The van der Waals surface area contributed by atoms with Crippen molar-refractivity contribution in [3.63, 3.8) is 0 Å². The second-order valence-electron chi connectivity index (χ2n) is 4.76. The van der Waals surface area contributed by atoms with Crippen LogP contribution in [0.25, 0.3) is 0 Å². The van der Waals surface area contributed by atoms with Crippen LogP contribution < -0.4 is 0 Å². The fourth-order valence-corrected chi connectivity index (χ4v) is 3.12. The van der Waals surface area contributed by atoms with Gasteiger partial charge in [-0.2, -0.15) is 8.42 Å².